The molecule has 1 saturated heterocycles. The second-order valence-electron chi connectivity index (χ2n) is 7.94. The van der Waals surface area contributed by atoms with Crippen LogP contribution in [0.2, 0.25) is 0 Å². The maximum absolute atomic E-state index is 12.6. The van der Waals surface area contributed by atoms with Crippen molar-refractivity contribution in [3.63, 3.8) is 0 Å². The standard InChI is InChI=1S/C19H30N4O2/c1-11(2)15-8-22(9-16(15)20)7-13-6-14-17(21-18(13)25-5)10-23(12(3)4)19(14)24/h6,11-12,15-16H,7-10,20H2,1-5H3/t15-,16+/m1/s1. The molecule has 2 aliphatic rings. The predicted octanol–water partition coefficient (Wildman–Crippen LogP) is 1.87. The summed E-state index contributed by atoms with van der Waals surface area (Å²) in [6.45, 7) is 11.6. The molecule has 0 radical (unpaired) electrons. The van der Waals surface area contributed by atoms with Crippen LogP contribution in [0.5, 0.6) is 5.88 Å². The molecule has 1 amide bonds. The van der Waals surface area contributed by atoms with E-state index in [4.69, 9.17) is 10.5 Å². The van der Waals surface area contributed by atoms with Gasteiger partial charge in [0, 0.05) is 37.3 Å². The first kappa shape index (κ1) is 18.1. The number of carbonyl (C=O) groups is 1. The number of nitrogens with two attached hydrogens (primary N) is 1. The van der Waals surface area contributed by atoms with Crippen molar-refractivity contribution in [1.29, 1.82) is 0 Å². The number of rotatable bonds is 5. The minimum absolute atomic E-state index is 0.0691. The average molecular weight is 346 g/mol. The number of amides is 1. The fraction of sp³-hybridized carbons (Fsp3) is 0.684. The van der Waals surface area contributed by atoms with Crippen LogP contribution < -0.4 is 10.5 Å². The molecule has 0 bridgehead atoms. The Morgan fingerprint density at radius 2 is 2.04 bits per heavy atom. The Kier molecular flexibility index (Phi) is 5.02. The van der Waals surface area contributed by atoms with Gasteiger partial charge in [0.2, 0.25) is 5.88 Å². The van der Waals surface area contributed by atoms with E-state index < -0.39 is 0 Å². The van der Waals surface area contributed by atoms with Crippen LogP contribution in [0.1, 0.15) is 49.3 Å². The molecule has 1 aromatic heterocycles. The molecular formula is C19H30N4O2. The smallest absolute Gasteiger partial charge is 0.256 e. The topological polar surface area (TPSA) is 71.7 Å². The van der Waals surface area contributed by atoms with E-state index in [-0.39, 0.29) is 18.0 Å². The van der Waals surface area contributed by atoms with E-state index in [0.717, 1.165) is 30.9 Å². The van der Waals surface area contributed by atoms with Crippen LogP contribution in [0.25, 0.3) is 0 Å². The third kappa shape index (κ3) is 3.37. The van der Waals surface area contributed by atoms with Gasteiger partial charge in [0.15, 0.2) is 0 Å². The maximum atomic E-state index is 12.6. The summed E-state index contributed by atoms with van der Waals surface area (Å²) in [6.07, 6.45) is 0. The summed E-state index contributed by atoms with van der Waals surface area (Å²) in [5.41, 5.74) is 8.81. The highest BCUT2D eigenvalue weighted by molar-refractivity contribution is 5.98. The van der Waals surface area contributed by atoms with Crippen LogP contribution in [0, 0.1) is 11.8 Å². The Labute approximate surface area is 150 Å². The molecule has 25 heavy (non-hydrogen) atoms. The fourth-order valence-electron chi connectivity index (χ4n) is 3.99. The molecule has 0 aliphatic carbocycles. The van der Waals surface area contributed by atoms with E-state index in [1.807, 2.05) is 24.8 Å². The van der Waals surface area contributed by atoms with Crippen molar-refractivity contribution in [2.75, 3.05) is 20.2 Å². The molecule has 0 saturated carbocycles. The lowest BCUT2D eigenvalue weighted by Crippen LogP contribution is -2.32. The lowest BCUT2D eigenvalue weighted by Gasteiger charge is -2.19. The van der Waals surface area contributed by atoms with Crippen LogP contribution >= 0.6 is 0 Å². The minimum Gasteiger partial charge on any atom is -0.481 e. The van der Waals surface area contributed by atoms with Crippen molar-refractivity contribution < 1.29 is 9.53 Å². The molecule has 0 spiro atoms. The number of fused-ring (bicyclic) bond motifs is 1. The number of nitrogens with zero attached hydrogens (tertiary/aromatic N) is 3. The van der Waals surface area contributed by atoms with E-state index in [9.17, 15) is 4.79 Å². The number of ether oxygens (including phenoxy) is 1. The Bertz CT molecular complexity index is 659. The molecule has 1 fully saturated rings. The maximum Gasteiger partial charge on any atom is 0.256 e. The quantitative estimate of drug-likeness (QED) is 0.881. The highest BCUT2D eigenvalue weighted by Crippen LogP contribution is 2.31. The average Bonchev–Trinajstić information content (AvgIpc) is 3.07. The summed E-state index contributed by atoms with van der Waals surface area (Å²) in [5.74, 6) is 1.77. The van der Waals surface area contributed by atoms with Crippen molar-refractivity contribution in [2.24, 2.45) is 17.6 Å². The monoisotopic (exact) mass is 346 g/mol. The second-order valence-corrected chi connectivity index (χ2v) is 7.94. The summed E-state index contributed by atoms with van der Waals surface area (Å²) < 4.78 is 5.51. The zero-order chi connectivity index (χ0) is 18.3. The van der Waals surface area contributed by atoms with E-state index in [1.165, 1.54) is 0 Å². The lowest BCUT2D eigenvalue weighted by molar-refractivity contribution is 0.0730. The highest BCUT2D eigenvalue weighted by atomic mass is 16.5. The number of carbonyl (C=O) groups excluding carboxylic acids is 1. The van der Waals surface area contributed by atoms with E-state index in [2.05, 4.69) is 23.7 Å². The Hall–Kier alpha value is -1.66. The molecular weight excluding hydrogens is 316 g/mol. The van der Waals surface area contributed by atoms with Gasteiger partial charge in [0.1, 0.15) is 0 Å². The van der Waals surface area contributed by atoms with E-state index >= 15 is 0 Å². The third-order valence-corrected chi connectivity index (χ3v) is 5.51. The van der Waals surface area contributed by atoms with Gasteiger partial charge < -0.3 is 15.4 Å². The number of likely N-dealkylation sites (tertiary alicyclic amines) is 1. The highest BCUT2D eigenvalue weighted by Gasteiger charge is 2.34. The molecule has 2 aliphatic heterocycles. The van der Waals surface area contributed by atoms with Crippen LogP contribution in [0.15, 0.2) is 6.07 Å². The first-order chi connectivity index (χ1) is 11.8. The Morgan fingerprint density at radius 3 is 2.60 bits per heavy atom. The predicted molar refractivity (Wildman–Crippen MR) is 97.4 cm³/mol. The summed E-state index contributed by atoms with van der Waals surface area (Å²) in [5, 5.41) is 0. The number of pyridine rings is 1. The molecule has 3 rings (SSSR count). The molecule has 6 nitrogen and oxygen atoms in total. The van der Waals surface area contributed by atoms with Gasteiger partial charge in [-0.25, -0.2) is 4.98 Å². The van der Waals surface area contributed by atoms with Crippen molar-refractivity contribution in [1.82, 2.24) is 14.8 Å². The van der Waals surface area contributed by atoms with E-state index in [0.29, 0.717) is 29.8 Å². The van der Waals surface area contributed by atoms with Crippen molar-refractivity contribution >= 4 is 5.91 Å². The zero-order valence-corrected chi connectivity index (χ0v) is 16.0. The van der Waals surface area contributed by atoms with Crippen LogP contribution in [0.3, 0.4) is 0 Å². The number of methoxy groups -OCH3 is 1. The SMILES string of the molecule is COc1nc2c(cc1CN1C[C@H](C(C)C)[C@@H](N)C1)C(=O)N(C(C)C)C2. The van der Waals surface area contributed by atoms with Gasteiger partial charge in [-0.1, -0.05) is 13.8 Å². The van der Waals surface area contributed by atoms with Gasteiger partial charge in [-0.2, -0.15) is 0 Å². The van der Waals surface area contributed by atoms with Crippen LogP contribution in [-0.2, 0) is 13.1 Å². The van der Waals surface area contributed by atoms with Crippen molar-refractivity contribution in [2.45, 2.75) is 52.9 Å². The first-order valence-corrected chi connectivity index (χ1v) is 9.17. The van der Waals surface area contributed by atoms with Gasteiger partial charge in [-0.05, 0) is 31.7 Å². The minimum atomic E-state index is 0.0691. The molecule has 2 N–H and O–H groups in total. The molecule has 138 valence electrons. The van der Waals surface area contributed by atoms with Gasteiger partial charge >= 0.3 is 0 Å². The summed E-state index contributed by atoms with van der Waals surface area (Å²) in [4.78, 5) is 21.5. The third-order valence-electron chi connectivity index (χ3n) is 5.51. The number of hydrogen-bond acceptors (Lipinski definition) is 5. The van der Waals surface area contributed by atoms with Crippen LogP contribution in [0.4, 0.5) is 0 Å². The Morgan fingerprint density at radius 1 is 1.32 bits per heavy atom. The van der Waals surface area contributed by atoms with Gasteiger partial charge in [0.25, 0.3) is 5.91 Å². The first-order valence-electron chi connectivity index (χ1n) is 9.17. The molecule has 0 aromatic carbocycles. The summed E-state index contributed by atoms with van der Waals surface area (Å²) in [7, 11) is 1.64. The molecule has 1 aromatic rings. The number of aromatic nitrogens is 1. The van der Waals surface area contributed by atoms with Gasteiger partial charge in [-0.3, -0.25) is 9.69 Å². The molecule has 0 unspecified atom stereocenters. The second kappa shape index (κ2) is 6.92. The molecule has 6 heteroatoms. The van der Waals surface area contributed by atoms with Crippen LogP contribution in [-0.4, -0.2) is 53.0 Å². The van der Waals surface area contributed by atoms with Gasteiger partial charge in [-0.15, -0.1) is 0 Å². The van der Waals surface area contributed by atoms with E-state index in [1.54, 1.807) is 7.11 Å². The van der Waals surface area contributed by atoms with Crippen molar-refractivity contribution in [3.05, 3.63) is 22.9 Å². The number of hydrogen-bond donors (Lipinski definition) is 1. The molecule has 2 atom stereocenters. The lowest BCUT2D eigenvalue weighted by atomic mass is 9.92. The zero-order valence-electron chi connectivity index (χ0n) is 16.0. The summed E-state index contributed by atoms with van der Waals surface area (Å²) >= 11 is 0. The fourth-order valence-corrected chi connectivity index (χ4v) is 3.99. The van der Waals surface area contributed by atoms with Gasteiger partial charge in [0.05, 0.1) is 24.9 Å². The summed E-state index contributed by atoms with van der Waals surface area (Å²) in [6, 6.07) is 2.34. The Balaban J connectivity index is 1.83. The van der Waals surface area contributed by atoms with Crippen molar-refractivity contribution in [3.8, 4) is 5.88 Å². The largest absolute Gasteiger partial charge is 0.481 e. The molecule has 3 heterocycles. The normalized spacial score (nSPS) is 23.8.